The first-order valence-corrected chi connectivity index (χ1v) is 6.45. The van der Waals surface area contributed by atoms with Gasteiger partial charge in [0.1, 0.15) is 13.2 Å². The summed E-state index contributed by atoms with van der Waals surface area (Å²) in [5.41, 5.74) is 0. The van der Waals surface area contributed by atoms with Crippen LogP contribution in [0, 0.1) is 0 Å². The van der Waals surface area contributed by atoms with Gasteiger partial charge in [0.25, 0.3) is 5.91 Å². The highest BCUT2D eigenvalue weighted by Crippen LogP contribution is 2.13. The number of urea groups is 1. The molecule has 3 amide bonds. The molecule has 0 aromatic rings. The number of carbonyl (C=O) groups excluding carboxylic acids is 2. The maximum Gasteiger partial charge on any atom is 0.329 e. The quantitative estimate of drug-likeness (QED) is 0.697. The maximum absolute atomic E-state index is 11.8. The highest BCUT2D eigenvalue weighted by molar-refractivity contribution is 5.95. The first kappa shape index (κ1) is 16.4. The number of carbonyl (C=O) groups is 3. The molecule has 0 aliphatic carbocycles. The second-order valence-corrected chi connectivity index (χ2v) is 4.92. The minimum absolute atomic E-state index is 0.438. The molecule has 1 rings (SSSR count). The van der Waals surface area contributed by atoms with Gasteiger partial charge in [-0.25, -0.2) is 9.59 Å². The summed E-state index contributed by atoms with van der Waals surface area (Å²) in [5.74, 6) is -1.79. The van der Waals surface area contributed by atoms with Crippen LogP contribution < -0.4 is 5.32 Å². The van der Waals surface area contributed by atoms with Crippen LogP contribution in [0.15, 0.2) is 0 Å². The van der Waals surface area contributed by atoms with E-state index in [9.17, 15) is 14.4 Å². The van der Waals surface area contributed by atoms with Crippen molar-refractivity contribution in [1.29, 1.82) is 0 Å². The van der Waals surface area contributed by atoms with Crippen LogP contribution >= 0.6 is 0 Å². The Bertz CT molecular complexity index is 364. The summed E-state index contributed by atoms with van der Waals surface area (Å²) < 4.78 is 4.60. The summed E-state index contributed by atoms with van der Waals surface area (Å²) in [5, 5.41) is 10.5. The Balaban J connectivity index is 2.26. The molecule has 0 unspecified atom stereocenters. The molecule has 8 nitrogen and oxygen atoms in total. The van der Waals surface area contributed by atoms with E-state index in [1.54, 1.807) is 4.90 Å². The zero-order valence-corrected chi connectivity index (χ0v) is 11.8. The monoisotopic (exact) mass is 287 g/mol. The molecule has 0 atom stereocenters. The summed E-state index contributed by atoms with van der Waals surface area (Å²) in [4.78, 5) is 37.1. The van der Waals surface area contributed by atoms with E-state index in [0.29, 0.717) is 19.1 Å². The van der Waals surface area contributed by atoms with Gasteiger partial charge in [0.2, 0.25) is 0 Å². The van der Waals surface area contributed by atoms with Gasteiger partial charge >= 0.3 is 12.0 Å². The number of hydrogen-bond acceptors (Lipinski definition) is 5. The van der Waals surface area contributed by atoms with Crippen LogP contribution in [0.4, 0.5) is 4.79 Å². The summed E-state index contributed by atoms with van der Waals surface area (Å²) in [6.07, 6.45) is 1.73. The first-order chi connectivity index (χ1) is 9.40. The standard InChI is InChI=1S/C12H21N3O5/c1-14(2)9-3-5-15(6-4-9)12(19)13-10(16)7-20-8-11(17)18/h9H,3-8H2,1-2H3,(H,17,18)(H,13,16,19). The van der Waals surface area contributed by atoms with Crippen molar-refractivity contribution in [1.82, 2.24) is 15.1 Å². The van der Waals surface area contributed by atoms with Crippen molar-refractivity contribution in [2.24, 2.45) is 0 Å². The average Bonchev–Trinajstić information content (AvgIpc) is 2.38. The second kappa shape index (κ2) is 7.81. The van der Waals surface area contributed by atoms with Crippen molar-refractivity contribution < 1.29 is 24.2 Å². The number of likely N-dealkylation sites (tertiary alicyclic amines) is 1. The van der Waals surface area contributed by atoms with Gasteiger partial charge in [0.15, 0.2) is 0 Å². The number of aliphatic carboxylic acids is 1. The lowest BCUT2D eigenvalue weighted by atomic mass is 10.0. The van der Waals surface area contributed by atoms with Crippen LogP contribution in [0.2, 0.25) is 0 Å². The predicted octanol–water partition coefficient (Wildman–Crippen LogP) is -0.650. The number of nitrogens with zero attached hydrogens (tertiary/aromatic N) is 2. The van der Waals surface area contributed by atoms with Gasteiger partial charge in [-0.3, -0.25) is 10.1 Å². The molecule has 1 aliphatic heterocycles. The van der Waals surface area contributed by atoms with Gasteiger partial charge in [-0.05, 0) is 26.9 Å². The third-order valence-corrected chi connectivity index (χ3v) is 3.19. The van der Waals surface area contributed by atoms with E-state index >= 15 is 0 Å². The Morgan fingerprint density at radius 3 is 2.35 bits per heavy atom. The fraction of sp³-hybridized carbons (Fsp3) is 0.750. The highest BCUT2D eigenvalue weighted by Gasteiger charge is 2.24. The number of nitrogens with one attached hydrogen (secondary N) is 1. The molecule has 0 saturated carbocycles. The second-order valence-electron chi connectivity index (χ2n) is 4.92. The minimum atomic E-state index is -1.16. The van der Waals surface area contributed by atoms with Crippen LogP contribution in [0.25, 0.3) is 0 Å². The van der Waals surface area contributed by atoms with E-state index in [-0.39, 0.29) is 0 Å². The molecule has 1 aliphatic rings. The predicted molar refractivity (Wildman–Crippen MR) is 70.3 cm³/mol. The summed E-state index contributed by atoms with van der Waals surface area (Å²) in [7, 11) is 4.01. The Morgan fingerprint density at radius 1 is 1.25 bits per heavy atom. The molecular formula is C12H21N3O5. The van der Waals surface area contributed by atoms with E-state index in [0.717, 1.165) is 12.8 Å². The van der Waals surface area contributed by atoms with E-state index in [2.05, 4.69) is 15.0 Å². The van der Waals surface area contributed by atoms with E-state index < -0.39 is 31.1 Å². The number of carboxylic acids is 1. The highest BCUT2D eigenvalue weighted by atomic mass is 16.5. The van der Waals surface area contributed by atoms with Crippen LogP contribution in [0.5, 0.6) is 0 Å². The van der Waals surface area contributed by atoms with Crippen LogP contribution in [-0.4, -0.2) is 79.3 Å². The molecule has 2 N–H and O–H groups in total. The van der Waals surface area contributed by atoms with Crippen LogP contribution in [-0.2, 0) is 14.3 Å². The molecule has 0 spiro atoms. The lowest BCUT2D eigenvalue weighted by Crippen LogP contribution is -2.50. The molecule has 0 radical (unpaired) electrons. The molecule has 1 saturated heterocycles. The van der Waals surface area contributed by atoms with Crippen molar-refractivity contribution in [3.63, 3.8) is 0 Å². The average molecular weight is 287 g/mol. The number of hydrogen-bond donors (Lipinski definition) is 2. The van der Waals surface area contributed by atoms with E-state index in [4.69, 9.17) is 5.11 Å². The minimum Gasteiger partial charge on any atom is -0.480 e. The molecule has 0 aromatic carbocycles. The normalized spacial score (nSPS) is 16.2. The van der Waals surface area contributed by atoms with E-state index in [1.807, 2.05) is 14.1 Å². The largest absolute Gasteiger partial charge is 0.480 e. The molecule has 20 heavy (non-hydrogen) atoms. The van der Waals surface area contributed by atoms with Gasteiger partial charge in [-0.15, -0.1) is 0 Å². The topological polar surface area (TPSA) is 99.2 Å². The molecule has 8 heteroatoms. The maximum atomic E-state index is 11.8. The summed E-state index contributed by atoms with van der Waals surface area (Å²) >= 11 is 0. The molecule has 0 bridgehead atoms. The first-order valence-electron chi connectivity index (χ1n) is 6.45. The van der Waals surface area contributed by atoms with Crippen LogP contribution in [0.3, 0.4) is 0 Å². The fourth-order valence-electron chi connectivity index (χ4n) is 2.05. The van der Waals surface area contributed by atoms with Gasteiger partial charge in [-0.2, -0.15) is 0 Å². The van der Waals surface area contributed by atoms with Crippen molar-refractivity contribution in [3.05, 3.63) is 0 Å². The Morgan fingerprint density at radius 2 is 1.85 bits per heavy atom. The molecule has 1 fully saturated rings. The van der Waals surface area contributed by atoms with Gasteiger partial charge in [0, 0.05) is 19.1 Å². The zero-order valence-electron chi connectivity index (χ0n) is 11.8. The SMILES string of the molecule is CN(C)C1CCN(C(=O)NC(=O)COCC(=O)O)CC1. The van der Waals surface area contributed by atoms with Crippen molar-refractivity contribution in [2.75, 3.05) is 40.4 Å². The summed E-state index contributed by atoms with van der Waals surface area (Å²) in [6.45, 7) is 0.192. The number of piperidine rings is 1. The van der Waals surface area contributed by atoms with Crippen LogP contribution in [0.1, 0.15) is 12.8 Å². The number of rotatable bonds is 5. The van der Waals surface area contributed by atoms with Crippen molar-refractivity contribution in [3.8, 4) is 0 Å². The Kier molecular flexibility index (Phi) is 6.40. The Labute approximate surface area is 117 Å². The molecule has 114 valence electrons. The smallest absolute Gasteiger partial charge is 0.329 e. The van der Waals surface area contributed by atoms with Crippen molar-refractivity contribution in [2.45, 2.75) is 18.9 Å². The van der Waals surface area contributed by atoms with E-state index in [1.165, 1.54) is 0 Å². The Hall–Kier alpha value is -1.67. The van der Waals surface area contributed by atoms with Gasteiger partial charge in [0.05, 0.1) is 0 Å². The van der Waals surface area contributed by atoms with Crippen molar-refractivity contribution >= 4 is 17.9 Å². The third-order valence-electron chi connectivity index (χ3n) is 3.19. The lowest BCUT2D eigenvalue weighted by molar-refractivity contribution is -0.143. The number of imide groups is 1. The molecule has 0 aromatic heterocycles. The number of amides is 3. The van der Waals surface area contributed by atoms with Gasteiger partial charge in [-0.1, -0.05) is 0 Å². The zero-order chi connectivity index (χ0) is 15.1. The molecule has 1 heterocycles. The number of ether oxygens (including phenoxy) is 1. The van der Waals surface area contributed by atoms with Gasteiger partial charge < -0.3 is 19.6 Å². The fourth-order valence-corrected chi connectivity index (χ4v) is 2.05. The molecular weight excluding hydrogens is 266 g/mol. The third kappa shape index (κ3) is 5.54. The summed E-state index contributed by atoms with van der Waals surface area (Å²) in [6, 6.07) is -0.000201. The lowest BCUT2D eigenvalue weighted by Gasteiger charge is -2.34. The number of carboxylic acid groups (broad SMARTS) is 1.